The van der Waals surface area contributed by atoms with Crippen molar-refractivity contribution in [3.63, 3.8) is 0 Å². The minimum absolute atomic E-state index is 0.0693. The number of hydrogen-bond donors (Lipinski definition) is 2. The van der Waals surface area contributed by atoms with Crippen LogP contribution in [0.15, 0.2) is 66.7 Å². The molecule has 43 heavy (non-hydrogen) atoms. The molecule has 2 heterocycles. The molecular weight excluding hydrogens is 566 g/mol. The van der Waals surface area contributed by atoms with Crippen LogP contribution in [-0.4, -0.2) is 72.0 Å². The summed E-state index contributed by atoms with van der Waals surface area (Å²) in [6.07, 6.45) is 0.664. The van der Waals surface area contributed by atoms with E-state index in [0.717, 1.165) is 54.0 Å². The third-order valence-electron chi connectivity index (χ3n) is 8.27. The first-order valence-corrected chi connectivity index (χ1v) is 15.3. The van der Waals surface area contributed by atoms with E-state index in [9.17, 15) is 19.8 Å². The van der Waals surface area contributed by atoms with Crippen LogP contribution in [-0.2, 0) is 4.74 Å². The van der Waals surface area contributed by atoms with E-state index in [0.29, 0.717) is 31.2 Å². The molecule has 5 rings (SSSR count). The Morgan fingerprint density at radius 3 is 2.00 bits per heavy atom. The number of halogens is 1. The van der Waals surface area contributed by atoms with Gasteiger partial charge in [0.2, 0.25) is 0 Å². The molecule has 1 atom stereocenters. The molecule has 2 aliphatic heterocycles. The van der Waals surface area contributed by atoms with Crippen LogP contribution in [0.1, 0.15) is 55.6 Å². The van der Waals surface area contributed by atoms with Gasteiger partial charge in [-0.3, -0.25) is 0 Å². The molecule has 228 valence electrons. The van der Waals surface area contributed by atoms with Crippen LogP contribution >= 0.6 is 11.6 Å². The van der Waals surface area contributed by atoms with Crippen LogP contribution < -0.4 is 9.80 Å². The Kier molecular flexibility index (Phi) is 9.18. The third-order valence-corrected chi connectivity index (χ3v) is 8.52. The minimum atomic E-state index is -0.933. The highest BCUT2D eigenvalue weighted by atomic mass is 35.5. The van der Waals surface area contributed by atoms with Crippen molar-refractivity contribution in [2.45, 2.75) is 45.3 Å². The standard InChI is InChI=1S/C34H40ClN3O5/c1-34(2,3)43-33(42)38-20-18-37(19-21-38)28-12-13-29(23-4-8-26(35)9-5-23)30(22-28)31(39)24-14-16-36(17-15-24)27-10-6-25(7-11-27)32(40)41/h4-13,22,24,31,39H,14-21H2,1-3H3,(H,40,41). The van der Waals surface area contributed by atoms with Crippen molar-refractivity contribution < 1.29 is 24.5 Å². The first-order valence-electron chi connectivity index (χ1n) is 14.9. The van der Waals surface area contributed by atoms with Gasteiger partial charge in [0.25, 0.3) is 0 Å². The van der Waals surface area contributed by atoms with E-state index in [2.05, 4.69) is 28.0 Å². The van der Waals surface area contributed by atoms with E-state index in [1.807, 2.05) is 57.2 Å². The van der Waals surface area contributed by atoms with Gasteiger partial charge in [0.05, 0.1) is 11.7 Å². The maximum Gasteiger partial charge on any atom is 0.410 e. The van der Waals surface area contributed by atoms with Crippen LogP contribution in [0.5, 0.6) is 0 Å². The molecule has 3 aromatic rings. The Morgan fingerprint density at radius 1 is 0.837 bits per heavy atom. The second-order valence-electron chi connectivity index (χ2n) is 12.4. The van der Waals surface area contributed by atoms with Crippen LogP contribution in [0.4, 0.5) is 16.2 Å². The molecule has 3 aromatic carbocycles. The summed E-state index contributed by atoms with van der Waals surface area (Å²) < 4.78 is 5.56. The lowest BCUT2D eigenvalue weighted by atomic mass is 9.84. The van der Waals surface area contributed by atoms with Gasteiger partial charge in [-0.25, -0.2) is 9.59 Å². The molecule has 0 radical (unpaired) electrons. The van der Waals surface area contributed by atoms with Gasteiger partial charge in [0, 0.05) is 55.7 Å². The molecule has 0 bridgehead atoms. The molecule has 1 unspecified atom stereocenters. The van der Waals surface area contributed by atoms with Crippen molar-refractivity contribution >= 4 is 35.0 Å². The fraction of sp³-hybridized carbons (Fsp3) is 0.412. The summed E-state index contributed by atoms with van der Waals surface area (Å²) in [5.41, 5.74) is 4.62. The first kappa shape index (κ1) is 30.7. The number of carboxylic acids is 1. The van der Waals surface area contributed by atoms with Gasteiger partial charge in [0.15, 0.2) is 0 Å². The summed E-state index contributed by atoms with van der Waals surface area (Å²) in [5.74, 6) is -0.864. The Balaban J connectivity index is 1.32. The van der Waals surface area contributed by atoms with Gasteiger partial charge >= 0.3 is 12.1 Å². The number of rotatable bonds is 6. The van der Waals surface area contributed by atoms with Crippen LogP contribution in [0.25, 0.3) is 11.1 Å². The minimum Gasteiger partial charge on any atom is -0.478 e. The lowest BCUT2D eigenvalue weighted by molar-refractivity contribution is 0.0240. The molecule has 0 aromatic heterocycles. The lowest BCUT2D eigenvalue weighted by Gasteiger charge is -2.38. The number of benzene rings is 3. The molecule has 2 aliphatic rings. The van der Waals surface area contributed by atoms with E-state index in [1.54, 1.807) is 17.0 Å². The topological polar surface area (TPSA) is 93.6 Å². The second-order valence-corrected chi connectivity index (χ2v) is 12.8. The number of aliphatic hydroxyl groups is 1. The Morgan fingerprint density at radius 2 is 1.42 bits per heavy atom. The molecular formula is C34H40ClN3O5. The number of hydrogen-bond acceptors (Lipinski definition) is 6. The number of aliphatic hydroxyl groups excluding tert-OH is 1. The van der Waals surface area contributed by atoms with Gasteiger partial charge in [-0.15, -0.1) is 0 Å². The monoisotopic (exact) mass is 605 g/mol. The fourth-order valence-electron chi connectivity index (χ4n) is 5.90. The number of carbonyl (C=O) groups excluding carboxylic acids is 1. The average Bonchev–Trinajstić information content (AvgIpc) is 3.00. The molecule has 0 spiro atoms. The van der Waals surface area contributed by atoms with E-state index >= 15 is 0 Å². The van der Waals surface area contributed by atoms with E-state index in [4.69, 9.17) is 16.3 Å². The number of piperazine rings is 1. The number of carboxylic acid groups (broad SMARTS) is 1. The first-order chi connectivity index (χ1) is 20.5. The number of amides is 1. The lowest BCUT2D eigenvalue weighted by Crippen LogP contribution is -2.50. The predicted molar refractivity (Wildman–Crippen MR) is 170 cm³/mol. The quantitative estimate of drug-likeness (QED) is 0.322. The zero-order valence-corrected chi connectivity index (χ0v) is 25.8. The third kappa shape index (κ3) is 7.43. The number of ether oxygens (including phenoxy) is 1. The highest BCUT2D eigenvalue weighted by molar-refractivity contribution is 6.30. The zero-order chi connectivity index (χ0) is 30.7. The fourth-order valence-corrected chi connectivity index (χ4v) is 6.03. The maximum atomic E-state index is 12.6. The van der Waals surface area contributed by atoms with Crippen molar-refractivity contribution in [2.24, 2.45) is 5.92 Å². The summed E-state index contributed by atoms with van der Waals surface area (Å²) in [5, 5.41) is 21.7. The van der Waals surface area contributed by atoms with E-state index < -0.39 is 17.7 Å². The smallest absolute Gasteiger partial charge is 0.410 e. The summed E-state index contributed by atoms with van der Waals surface area (Å²) in [6.45, 7) is 9.65. The molecule has 2 N–H and O–H groups in total. The van der Waals surface area contributed by atoms with Crippen molar-refractivity contribution in [1.29, 1.82) is 0 Å². The molecule has 1 amide bonds. The second kappa shape index (κ2) is 12.9. The van der Waals surface area contributed by atoms with Crippen molar-refractivity contribution in [1.82, 2.24) is 4.90 Å². The molecule has 2 saturated heterocycles. The molecule has 0 saturated carbocycles. The van der Waals surface area contributed by atoms with Gasteiger partial charge < -0.3 is 29.6 Å². The van der Waals surface area contributed by atoms with E-state index in [-0.39, 0.29) is 17.6 Å². The predicted octanol–water partition coefficient (Wildman–Crippen LogP) is 6.71. The summed E-state index contributed by atoms with van der Waals surface area (Å²) in [6, 6.07) is 20.9. The zero-order valence-electron chi connectivity index (χ0n) is 25.0. The largest absolute Gasteiger partial charge is 0.478 e. The van der Waals surface area contributed by atoms with Gasteiger partial charge in [-0.2, -0.15) is 0 Å². The number of carbonyl (C=O) groups is 2. The number of aromatic carboxylic acids is 1. The van der Waals surface area contributed by atoms with E-state index in [1.165, 1.54) is 0 Å². The molecule has 0 aliphatic carbocycles. The molecule has 8 nitrogen and oxygen atoms in total. The number of nitrogens with zero attached hydrogens (tertiary/aromatic N) is 3. The Bertz CT molecular complexity index is 1420. The van der Waals surface area contributed by atoms with Crippen molar-refractivity contribution in [3.05, 3.63) is 82.9 Å². The van der Waals surface area contributed by atoms with Gasteiger partial charge in [-0.1, -0.05) is 29.8 Å². The Hall–Kier alpha value is -3.75. The molecule has 2 fully saturated rings. The normalized spacial score (nSPS) is 17.1. The van der Waals surface area contributed by atoms with Gasteiger partial charge in [0.1, 0.15) is 5.60 Å². The van der Waals surface area contributed by atoms with Crippen LogP contribution in [0, 0.1) is 5.92 Å². The summed E-state index contributed by atoms with van der Waals surface area (Å²) in [4.78, 5) is 30.1. The van der Waals surface area contributed by atoms with Crippen molar-refractivity contribution in [3.8, 4) is 11.1 Å². The van der Waals surface area contributed by atoms with Gasteiger partial charge in [-0.05, 0) is 105 Å². The summed E-state index contributed by atoms with van der Waals surface area (Å²) >= 11 is 6.18. The van der Waals surface area contributed by atoms with Crippen LogP contribution in [0.2, 0.25) is 5.02 Å². The SMILES string of the molecule is CC(C)(C)OC(=O)N1CCN(c2ccc(-c3ccc(Cl)cc3)c(C(O)C3CCN(c4ccc(C(=O)O)cc4)CC3)c2)CC1. The van der Waals surface area contributed by atoms with Crippen LogP contribution in [0.3, 0.4) is 0 Å². The maximum absolute atomic E-state index is 12.6. The molecule has 9 heteroatoms. The highest BCUT2D eigenvalue weighted by Crippen LogP contribution is 2.39. The Labute approximate surface area is 258 Å². The summed E-state index contributed by atoms with van der Waals surface area (Å²) in [7, 11) is 0. The number of anilines is 2. The number of piperidine rings is 1. The van der Waals surface area contributed by atoms with Crippen molar-refractivity contribution in [2.75, 3.05) is 49.1 Å². The average molecular weight is 606 g/mol. The highest BCUT2D eigenvalue weighted by Gasteiger charge is 2.30.